The zero-order valence-electron chi connectivity index (χ0n) is 13.9. The molecule has 0 amide bonds. The van der Waals surface area contributed by atoms with Crippen LogP contribution < -0.4 is 4.90 Å². The molecule has 2 aromatic carbocycles. The predicted octanol–water partition coefficient (Wildman–Crippen LogP) is 5.14. The fraction of sp³-hybridized carbons (Fsp3) is 0.316. The number of alkyl halides is 3. The molecule has 1 aliphatic heterocycles. The van der Waals surface area contributed by atoms with Crippen LogP contribution in [0.3, 0.4) is 0 Å². The van der Waals surface area contributed by atoms with Crippen molar-refractivity contribution in [3.05, 3.63) is 65.5 Å². The molecule has 0 N–H and O–H groups in total. The third kappa shape index (κ3) is 3.52. The highest BCUT2D eigenvalue weighted by Crippen LogP contribution is 2.32. The van der Waals surface area contributed by atoms with Crippen molar-refractivity contribution in [1.29, 1.82) is 0 Å². The van der Waals surface area contributed by atoms with Crippen LogP contribution in [-0.2, 0) is 6.18 Å². The summed E-state index contributed by atoms with van der Waals surface area (Å²) in [5.74, 6) is 0.292. The van der Waals surface area contributed by atoms with Gasteiger partial charge in [-0.1, -0.05) is 26.0 Å². The maximum absolute atomic E-state index is 14.2. The van der Waals surface area contributed by atoms with E-state index in [-0.39, 0.29) is 12.0 Å². The van der Waals surface area contributed by atoms with Crippen LogP contribution in [0.15, 0.2) is 53.5 Å². The number of hydrogen-bond acceptors (Lipinski definition) is 2. The van der Waals surface area contributed by atoms with Crippen molar-refractivity contribution in [3.8, 4) is 0 Å². The Bertz CT molecular complexity index is 779. The second-order valence-corrected chi connectivity index (χ2v) is 6.40. The topological polar surface area (TPSA) is 15.6 Å². The Morgan fingerprint density at radius 1 is 1.04 bits per heavy atom. The summed E-state index contributed by atoms with van der Waals surface area (Å²) in [5.41, 5.74) is 0.212. The number of rotatable bonds is 3. The molecule has 0 aliphatic carbocycles. The van der Waals surface area contributed by atoms with Gasteiger partial charge in [0.05, 0.1) is 17.2 Å². The monoisotopic (exact) mass is 350 g/mol. The SMILES string of the molecule is CC(C)[C@H]1CN(c2ccc(C(F)(F)F)cc2)C(c2ccccc2F)=N1. The molecule has 6 heteroatoms. The van der Waals surface area contributed by atoms with Crippen molar-refractivity contribution in [1.82, 2.24) is 0 Å². The van der Waals surface area contributed by atoms with Crippen LogP contribution in [0.2, 0.25) is 0 Å². The molecule has 25 heavy (non-hydrogen) atoms. The van der Waals surface area contributed by atoms with E-state index in [1.165, 1.54) is 18.2 Å². The number of hydrogen-bond donors (Lipinski definition) is 0. The molecule has 0 radical (unpaired) electrons. The average molecular weight is 350 g/mol. The lowest BCUT2D eigenvalue weighted by molar-refractivity contribution is -0.137. The van der Waals surface area contributed by atoms with Crippen molar-refractivity contribution in [2.75, 3.05) is 11.4 Å². The Morgan fingerprint density at radius 3 is 2.24 bits per heavy atom. The zero-order valence-corrected chi connectivity index (χ0v) is 13.9. The maximum atomic E-state index is 14.2. The van der Waals surface area contributed by atoms with Crippen LogP contribution in [0.5, 0.6) is 0 Å². The third-order valence-corrected chi connectivity index (χ3v) is 4.30. The predicted molar refractivity (Wildman–Crippen MR) is 90.4 cm³/mol. The van der Waals surface area contributed by atoms with E-state index in [9.17, 15) is 17.6 Å². The lowest BCUT2D eigenvalue weighted by Gasteiger charge is -2.22. The van der Waals surface area contributed by atoms with Gasteiger partial charge in [0, 0.05) is 12.2 Å². The molecule has 0 saturated heterocycles. The summed E-state index contributed by atoms with van der Waals surface area (Å²) < 4.78 is 52.5. The molecule has 0 saturated carbocycles. The third-order valence-electron chi connectivity index (χ3n) is 4.30. The lowest BCUT2D eigenvalue weighted by Crippen LogP contribution is -2.31. The molecule has 2 aromatic rings. The first-order valence-electron chi connectivity index (χ1n) is 8.05. The molecule has 2 nitrogen and oxygen atoms in total. The van der Waals surface area contributed by atoms with Gasteiger partial charge >= 0.3 is 6.18 Å². The van der Waals surface area contributed by atoms with E-state index in [0.29, 0.717) is 23.6 Å². The Labute approximate surface area is 143 Å². The van der Waals surface area contributed by atoms with Crippen molar-refractivity contribution in [2.45, 2.75) is 26.1 Å². The number of halogens is 4. The van der Waals surface area contributed by atoms with Crippen LogP contribution >= 0.6 is 0 Å². The van der Waals surface area contributed by atoms with Crippen molar-refractivity contribution >= 4 is 11.5 Å². The fourth-order valence-electron chi connectivity index (χ4n) is 2.82. The molecular formula is C19H18F4N2. The van der Waals surface area contributed by atoms with Gasteiger partial charge in [-0.05, 0) is 42.3 Å². The zero-order chi connectivity index (χ0) is 18.2. The second kappa shape index (κ2) is 6.50. The smallest absolute Gasteiger partial charge is 0.324 e. The molecule has 0 fully saturated rings. The first-order valence-corrected chi connectivity index (χ1v) is 8.05. The van der Waals surface area contributed by atoms with E-state index >= 15 is 0 Å². The fourth-order valence-corrected chi connectivity index (χ4v) is 2.82. The van der Waals surface area contributed by atoms with Gasteiger partial charge in [0.15, 0.2) is 0 Å². The van der Waals surface area contributed by atoms with Crippen LogP contribution in [-0.4, -0.2) is 18.4 Å². The summed E-state index contributed by atoms with van der Waals surface area (Å²) in [6.07, 6.45) is -4.38. The quantitative estimate of drug-likeness (QED) is 0.700. The van der Waals surface area contributed by atoms with Gasteiger partial charge in [-0.2, -0.15) is 13.2 Å². The molecule has 1 heterocycles. The van der Waals surface area contributed by atoms with Gasteiger partial charge < -0.3 is 4.90 Å². The number of aliphatic imine (C=N–C) groups is 1. The largest absolute Gasteiger partial charge is 0.416 e. The maximum Gasteiger partial charge on any atom is 0.416 e. The highest BCUT2D eigenvalue weighted by atomic mass is 19.4. The van der Waals surface area contributed by atoms with E-state index < -0.39 is 17.6 Å². The first-order chi connectivity index (χ1) is 11.8. The van der Waals surface area contributed by atoms with Crippen LogP contribution in [0.25, 0.3) is 0 Å². The van der Waals surface area contributed by atoms with E-state index in [0.717, 1.165) is 12.1 Å². The highest BCUT2D eigenvalue weighted by Gasteiger charge is 2.33. The van der Waals surface area contributed by atoms with E-state index in [1.54, 1.807) is 23.1 Å². The average Bonchev–Trinajstić information content (AvgIpc) is 3.00. The molecule has 0 aromatic heterocycles. The minimum atomic E-state index is -4.38. The van der Waals surface area contributed by atoms with Gasteiger partial charge in [0.25, 0.3) is 0 Å². The molecule has 0 unspecified atom stereocenters. The minimum absolute atomic E-state index is 0.0445. The number of anilines is 1. The van der Waals surface area contributed by atoms with E-state index in [4.69, 9.17) is 0 Å². The summed E-state index contributed by atoms with van der Waals surface area (Å²) in [6, 6.07) is 11.1. The number of amidine groups is 1. The van der Waals surface area contributed by atoms with Crippen molar-refractivity contribution in [2.24, 2.45) is 10.9 Å². The Balaban J connectivity index is 1.99. The molecule has 0 bridgehead atoms. The summed E-state index contributed by atoms with van der Waals surface area (Å²) in [7, 11) is 0. The molecule has 132 valence electrons. The van der Waals surface area contributed by atoms with Crippen LogP contribution in [0, 0.1) is 11.7 Å². The Hall–Kier alpha value is -2.37. The Morgan fingerprint density at radius 2 is 1.68 bits per heavy atom. The molecule has 3 rings (SSSR count). The Kier molecular flexibility index (Phi) is 4.54. The van der Waals surface area contributed by atoms with Gasteiger partial charge in [-0.25, -0.2) is 4.39 Å². The van der Waals surface area contributed by atoms with Gasteiger partial charge in [0.1, 0.15) is 11.7 Å². The van der Waals surface area contributed by atoms with E-state index in [1.807, 2.05) is 13.8 Å². The van der Waals surface area contributed by atoms with Crippen molar-refractivity contribution in [3.63, 3.8) is 0 Å². The van der Waals surface area contributed by atoms with Gasteiger partial charge in [-0.15, -0.1) is 0 Å². The normalized spacial score (nSPS) is 18.0. The standard InChI is InChI=1S/C19H18F4N2/c1-12(2)17-11-25(14-9-7-13(8-10-14)19(21,22)23)18(24-17)15-5-3-4-6-16(15)20/h3-10,12,17H,11H2,1-2H3/t17-/m1/s1. The molecular weight excluding hydrogens is 332 g/mol. The molecule has 1 atom stereocenters. The first kappa shape index (κ1) is 17.5. The summed E-state index contributed by atoms with van der Waals surface area (Å²) in [6.45, 7) is 4.54. The highest BCUT2D eigenvalue weighted by molar-refractivity contribution is 6.11. The minimum Gasteiger partial charge on any atom is -0.324 e. The molecule has 0 spiro atoms. The summed E-state index contributed by atoms with van der Waals surface area (Å²) in [5, 5.41) is 0. The van der Waals surface area contributed by atoms with Crippen molar-refractivity contribution < 1.29 is 17.6 Å². The number of nitrogens with zero attached hydrogens (tertiary/aromatic N) is 2. The van der Waals surface area contributed by atoms with Crippen LogP contribution in [0.1, 0.15) is 25.0 Å². The van der Waals surface area contributed by atoms with Gasteiger partial charge in [-0.3, -0.25) is 4.99 Å². The van der Waals surface area contributed by atoms with Crippen LogP contribution in [0.4, 0.5) is 23.2 Å². The molecule has 1 aliphatic rings. The summed E-state index contributed by atoms with van der Waals surface area (Å²) >= 11 is 0. The summed E-state index contributed by atoms with van der Waals surface area (Å²) in [4.78, 5) is 6.41. The number of benzene rings is 2. The van der Waals surface area contributed by atoms with E-state index in [2.05, 4.69) is 4.99 Å². The second-order valence-electron chi connectivity index (χ2n) is 6.40. The van der Waals surface area contributed by atoms with Gasteiger partial charge in [0.2, 0.25) is 0 Å². The lowest BCUT2D eigenvalue weighted by atomic mass is 10.1.